The molecule has 0 saturated carbocycles. The van der Waals surface area contributed by atoms with E-state index in [-0.39, 0.29) is 19.8 Å². The molecule has 0 spiro atoms. The first-order valence-electron chi connectivity index (χ1n) is 11.1. The number of carbonyl (C=O) groups excluding carboxylic acids is 1. The second kappa shape index (κ2) is 10.2. The molecule has 0 saturated heterocycles. The molecule has 0 unspecified atom stereocenters. The van der Waals surface area contributed by atoms with Crippen molar-refractivity contribution in [3.8, 4) is 16.9 Å². The average molecular weight is 567 g/mol. The van der Waals surface area contributed by atoms with Gasteiger partial charge in [-0.3, -0.25) is 14.3 Å². The van der Waals surface area contributed by atoms with E-state index in [1.54, 1.807) is 30.7 Å². The highest BCUT2D eigenvalue weighted by Gasteiger charge is 2.20. The lowest BCUT2D eigenvalue weighted by Gasteiger charge is -2.14. The van der Waals surface area contributed by atoms with E-state index < -0.39 is 16.1 Å². The van der Waals surface area contributed by atoms with Gasteiger partial charge in [-0.05, 0) is 65.5 Å². The monoisotopic (exact) mass is 566 g/mol. The molecular formula is C25H19ClN6O4S2. The number of pyridine rings is 3. The van der Waals surface area contributed by atoms with E-state index in [1.807, 2.05) is 36.0 Å². The number of aromatic nitrogens is 3. The number of amides is 2. The number of fused-ring (bicyclic) bond motifs is 1. The van der Waals surface area contributed by atoms with Gasteiger partial charge in [0.25, 0.3) is 15.6 Å². The topological polar surface area (TPSA) is 135 Å². The van der Waals surface area contributed by atoms with Crippen molar-refractivity contribution in [2.75, 3.05) is 17.7 Å². The normalized spacial score (nSPS) is 11.3. The van der Waals surface area contributed by atoms with Gasteiger partial charge < -0.3 is 10.6 Å². The van der Waals surface area contributed by atoms with Gasteiger partial charge in [0.05, 0.1) is 16.2 Å². The van der Waals surface area contributed by atoms with E-state index in [0.717, 1.165) is 33.5 Å². The number of benzene rings is 1. The first-order chi connectivity index (χ1) is 18.2. The number of nitrogens with zero attached hydrogens (tertiary/aromatic N) is 3. The summed E-state index contributed by atoms with van der Waals surface area (Å²) in [7, 11) is -2.27. The molecule has 5 aromatic rings. The highest BCUT2D eigenvalue weighted by molar-refractivity contribution is 7.92. The molecule has 38 heavy (non-hydrogen) atoms. The molecule has 4 heterocycles. The molecule has 10 nitrogen and oxygen atoms in total. The van der Waals surface area contributed by atoms with E-state index >= 15 is 0 Å². The minimum atomic E-state index is -4.08. The van der Waals surface area contributed by atoms with Crippen LogP contribution in [0.1, 0.15) is 0 Å². The maximum atomic E-state index is 13.4. The zero-order valence-corrected chi connectivity index (χ0v) is 22.1. The number of hydrogen-bond donors (Lipinski definition) is 3. The third-order valence-corrected chi connectivity index (χ3v) is 8.64. The second-order valence-electron chi connectivity index (χ2n) is 7.99. The Balaban J connectivity index is 1.46. The second-order valence-corrected chi connectivity index (χ2v) is 11.6. The van der Waals surface area contributed by atoms with Gasteiger partial charge in [-0.15, -0.1) is 11.3 Å². The Morgan fingerprint density at radius 2 is 1.76 bits per heavy atom. The Morgan fingerprint density at radius 3 is 2.42 bits per heavy atom. The van der Waals surface area contributed by atoms with Crippen molar-refractivity contribution in [1.82, 2.24) is 19.3 Å². The van der Waals surface area contributed by atoms with E-state index in [4.69, 9.17) is 11.6 Å². The molecule has 3 N–H and O–H groups in total. The van der Waals surface area contributed by atoms with Gasteiger partial charge in [-0.1, -0.05) is 11.6 Å². The zero-order chi connectivity index (χ0) is 26.9. The lowest BCUT2D eigenvalue weighted by atomic mass is 10.0. The number of sulfonamides is 1. The summed E-state index contributed by atoms with van der Waals surface area (Å²) < 4.78 is 28.2. The smallest absolute Gasteiger partial charge is 0.333 e. The van der Waals surface area contributed by atoms with Gasteiger partial charge in [0, 0.05) is 42.3 Å². The third kappa shape index (κ3) is 5.09. The highest BCUT2D eigenvalue weighted by atomic mass is 35.5. The number of halogens is 1. The summed E-state index contributed by atoms with van der Waals surface area (Å²) in [6.45, 7) is 0. The number of anilines is 2. The fraction of sp³-hybridized carbons (Fsp3) is 0.0400. The number of hydrogen-bond acceptors (Lipinski definition) is 8. The van der Waals surface area contributed by atoms with E-state index in [9.17, 15) is 18.0 Å². The molecule has 0 aliphatic carbocycles. The summed E-state index contributed by atoms with van der Waals surface area (Å²) in [4.78, 5) is 34.1. The minimum Gasteiger partial charge on any atom is -0.388 e. The van der Waals surface area contributed by atoms with Crippen LogP contribution < -0.4 is 20.9 Å². The molecule has 0 aliphatic heterocycles. The molecular weight excluding hydrogens is 548 g/mol. The Labute approximate surface area is 226 Å². The summed E-state index contributed by atoms with van der Waals surface area (Å²) in [6.07, 6.45) is 6.39. The van der Waals surface area contributed by atoms with Crippen LogP contribution in [0.4, 0.5) is 16.2 Å². The summed E-state index contributed by atoms with van der Waals surface area (Å²) in [5.41, 5.74) is 2.50. The molecule has 0 radical (unpaired) electrons. The Kier molecular flexibility index (Phi) is 6.85. The van der Waals surface area contributed by atoms with Crippen molar-refractivity contribution in [1.29, 1.82) is 0 Å². The number of urea groups is 1. The summed E-state index contributed by atoms with van der Waals surface area (Å²) in [6, 6.07) is 14.0. The standard InChI is InChI=1S/C25H19ClN6O4S2/c1-27-16-2-4-18-19(12-16)20(15-8-10-28-11-9-15)14-32(24(18)33)22-6-3-17(13-29-22)30-25(34)31-38(35,36)23-7-5-21(26)37-23/h2-14,27H,1H3,(H2,30,31,34). The van der Waals surface area contributed by atoms with Gasteiger partial charge in [-0.2, -0.15) is 0 Å². The van der Waals surface area contributed by atoms with Crippen molar-refractivity contribution in [3.63, 3.8) is 0 Å². The Hall–Kier alpha value is -4.26. The Morgan fingerprint density at radius 1 is 1.00 bits per heavy atom. The summed E-state index contributed by atoms with van der Waals surface area (Å²) >= 11 is 6.62. The summed E-state index contributed by atoms with van der Waals surface area (Å²) in [5, 5.41) is 6.79. The molecule has 13 heteroatoms. The van der Waals surface area contributed by atoms with Crippen molar-refractivity contribution >= 4 is 61.1 Å². The maximum absolute atomic E-state index is 13.4. The lowest BCUT2D eigenvalue weighted by molar-refractivity contribution is 0.256. The van der Waals surface area contributed by atoms with Gasteiger partial charge in [0.1, 0.15) is 10.0 Å². The largest absolute Gasteiger partial charge is 0.388 e. The van der Waals surface area contributed by atoms with Crippen LogP contribution in [-0.4, -0.2) is 36.0 Å². The van der Waals surface area contributed by atoms with E-state index in [1.165, 1.54) is 29.0 Å². The van der Waals surface area contributed by atoms with Crippen LogP contribution in [0.5, 0.6) is 0 Å². The average Bonchev–Trinajstić information content (AvgIpc) is 3.37. The molecule has 1 aromatic carbocycles. The van der Waals surface area contributed by atoms with Crippen LogP contribution in [-0.2, 0) is 10.0 Å². The molecule has 0 aliphatic rings. The predicted octanol–water partition coefficient (Wildman–Crippen LogP) is 4.71. The number of nitrogens with one attached hydrogen (secondary N) is 3. The van der Waals surface area contributed by atoms with Crippen molar-refractivity contribution in [2.45, 2.75) is 4.21 Å². The fourth-order valence-corrected chi connectivity index (χ4v) is 6.19. The maximum Gasteiger partial charge on any atom is 0.333 e. The van der Waals surface area contributed by atoms with Crippen LogP contribution in [0, 0.1) is 0 Å². The van der Waals surface area contributed by atoms with Crippen molar-refractivity contribution in [3.05, 3.63) is 94.1 Å². The molecule has 0 atom stereocenters. The van der Waals surface area contributed by atoms with Gasteiger partial charge >= 0.3 is 6.03 Å². The van der Waals surface area contributed by atoms with Crippen LogP contribution >= 0.6 is 22.9 Å². The quantitative estimate of drug-likeness (QED) is 0.271. The highest BCUT2D eigenvalue weighted by Crippen LogP contribution is 2.29. The third-order valence-electron chi connectivity index (χ3n) is 5.59. The molecule has 4 aromatic heterocycles. The number of carbonyl (C=O) groups is 1. The summed E-state index contributed by atoms with van der Waals surface area (Å²) in [5.74, 6) is 0.316. The minimum absolute atomic E-state index is 0.0892. The zero-order valence-electron chi connectivity index (χ0n) is 19.7. The predicted molar refractivity (Wildman–Crippen MR) is 149 cm³/mol. The molecule has 0 bridgehead atoms. The van der Waals surface area contributed by atoms with E-state index in [0.29, 0.717) is 11.2 Å². The van der Waals surface area contributed by atoms with Gasteiger partial charge in [0.15, 0.2) is 0 Å². The number of rotatable bonds is 6. The van der Waals surface area contributed by atoms with Gasteiger partial charge in [-0.25, -0.2) is 22.9 Å². The molecule has 192 valence electrons. The lowest BCUT2D eigenvalue weighted by Crippen LogP contribution is -2.34. The fourth-order valence-electron chi connectivity index (χ4n) is 3.80. The molecule has 5 rings (SSSR count). The SMILES string of the molecule is CNc1ccc2c(=O)n(-c3ccc(NC(=O)NS(=O)(=O)c4ccc(Cl)s4)cn3)cc(-c3ccncc3)c2c1. The first kappa shape index (κ1) is 25.4. The van der Waals surface area contributed by atoms with Crippen LogP contribution in [0.15, 0.2) is 88.4 Å². The molecule has 2 amide bonds. The van der Waals surface area contributed by atoms with E-state index in [2.05, 4.69) is 20.6 Å². The number of thiophene rings is 1. The van der Waals surface area contributed by atoms with Gasteiger partial charge in [0.2, 0.25) is 0 Å². The van der Waals surface area contributed by atoms with Crippen LogP contribution in [0.25, 0.3) is 27.7 Å². The van der Waals surface area contributed by atoms with Crippen molar-refractivity contribution < 1.29 is 13.2 Å². The first-order valence-corrected chi connectivity index (χ1v) is 13.8. The van der Waals surface area contributed by atoms with Crippen LogP contribution in [0.2, 0.25) is 4.34 Å². The molecule has 0 fully saturated rings. The Bertz CT molecular complexity index is 1820. The van der Waals surface area contributed by atoms with Crippen molar-refractivity contribution in [2.24, 2.45) is 0 Å². The van der Waals surface area contributed by atoms with Crippen LogP contribution in [0.3, 0.4) is 0 Å².